The third kappa shape index (κ3) is 3.24. The Morgan fingerprint density at radius 1 is 0.871 bits per heavy atom. The molecule has 7 heteroatoms. The lowest BCUT2D eigenvalue weighted by molar-refractivity contribution is -0.00241. The van der Waals surface area contributed by atoms with Gasteiger partial charge in [-0.05, 0) is 74.0 Å². The van der Waals surface area contributed by atoms with Gasteiger partial charge in [0, 0.05) is 21.4 Å². The molecular formula is C24H19Cl2N3O2. The minimum absolute atomic E-state index is 0.371. The van der Waals surface area contributed by atoms with Crippen molar-refractivity contribution in [3.05, 3.63) is 99.8 Å². The zero-order chi connectivity index (χ0) is 22.4. The van der Waals surface area contributed by atoms with Crippen molar-refractivity contribution >= 4 is 46.3 Å². The van der Waals surface area contributed by atoms with E-state index < -0.39 is 17.3 Å². The molecule has 3 aromatic carbocycles. The van der Waals surface area contributed by atoms with Crippen molar-refractivity contribution in [2.24, 2.45) is 0 Å². The van der Waals surface area contributed by atoms with Gasteiger partial charge < -0.3 is 5.11 Å². The van der Waals surface area contributed by atoms with Crippen LogP contribution in [0.15, 0.2) is 72.8 Å². The molecule has 5 nitrogen and oxygen atoms in total. The number of benzene rings is 3. The molecule has 1 unspecified atom stereocenters. The molecule has 0 radical (unpaired) electrons. The Labute approximate surface area is 190 Å². The normalized spacial score (nSPS) is 20.1. The molecule has 0 bridgehead atoms. The Balaban J connectivity index is 1.98. The largest absolute Gasteiger partial charge is 0.365 e. The number of amides is 2. The molecule has 0 aromatic heterocycles. The van der Waals surface area contributed by atoms with E-state index in [1.807, 2.05) is 0 Å². The number of rotatable bonds is 3. The zero-order valence-corrected chi connectivity index (χ0v) is 18.4. The maximum absolute atomic E-state index is 13.8. The van der Waals surface area contributed by atoms with Gasteiger partial charge >= 0.3 is 6.03 Å². The number of nitrogens with zero attached hydrogens (tertiary/aromatic N) is 3. The second-order valence-corrected chi connectivity index (χ2v) is 8.67. The molecule has 1 heterocycles. The Morgan fingerprint density at radius 2 is 1.39 bits per heavy atom. The molecule has 1 N–H and O–H groups in total. The fourth-order valence-electron chi connectivity index (χ4n) is 4.09. The van der Waals surface area contributed by atoms with Gasteiger partial charge in [-0.3, -0.25) is 9.80 Å². The highest BCUT2D eigenvalue weighted by Crippen LogP contribution is 2.51. The van der Waals surface area contributed by atoms with Gasteiger partial charge in [-0.25, -0.2) is 9.64 Å². The Morgan fingerprint density at radius 3 is 1.90 bits per heavy atom. The van der Waals surface area contributed by atoms with Crippen molar-refractivity contribution in [2.75, 3.05) is 9.80 Å². The summed E-state index contributed by atoms with van der Waals surface area (Å²) in [7, 11) is 0. The van der Waals surface area contributed by atoms with Crippen molar-refractivity contribution in [2.45, 2.75) is 25.1 Å². The van der Waals surface area contributed by atoms with E-state index in [1.165, 1.54) is 4.90 Å². The highest BCUT2D eigenvalue weighted by atomic mass is 35.5. The van der Waals surface area contributed by atoms with Crippen LogP contribution in [-0.4, -0.2) is 16.7 Å². The fraction of sp³-hybridized carbons (Fsp3) is 0.167. The topological polar surface area (TPSA) is 48.1 Å². The number of urea groups is 1. The van der Waals surface area contributed by atoms with E-state index in [9.17, 15) is 9.90 Å². The minimum Gasteiger partial charge on any atom is -0.365 e. The summed E-state index contributed by atoms with van der Waals surface area (Å²) in [5, 5.41) is 13.3. The van der Waals surface area contributed by atoms with Crippen LogP contribution in [-0.2, 0) is 5.72 Å². The first-order valence-corrected chi connectivity index (χ1v) is 10.3. The van der Waals surface area contributed by atoms with Crippen LogP contribution >= 0.6 is 23.2 Å². The highest BCUT2D eigenvalue weighted by Gasteiger charge is 2.63. The van der Waals surface area contributed by atoms with Gasteiger partial charge in [0.25, 0.3) is 0 Å². The second-order valence-electron chi connectivity index (χ2n) is 7.80. The summed E-state index contributed by atoms with van der Waals surface area (Å²) < 4.78 is 0. The lowest BCUT2D eigenvalue weighted by Gasteiger charge is -2.43. The third-order valence-corrected chi connectivity index (χ3v) is 6.17. The van der Waals surface area contributed by atoms with Crippen LogP contribution in [0.4, 0.5) is 21.9 Å². The zero-order valence-electron chi connectivity index (χ0n) is 16.9. The van der Waals surface area contributed by atoms with E-state index in [4.69, 9.17) is 29.8 Å². The summed E-state index contributed by atoms with van der Waals surface area (Å²) in [6.45, 7) is 11.0. The molecule has 1 aliphatic rings. The van der Waals surface area contributed by atoms with Gasteiger partial charge in [0.1, 0.15) is 0 Å². The van der Waals surface area contributed by atoms with E-state index in [1.54, 1.807) is 91.5 Å². The van der Waals surface area contributed by atoms with Crippen molar-refractivity contribution < 1.29 is 9.90 Å². The molecule has 0 aliphatic carbocycles. The molecule has 2 amide bonds. The molecule has 0 spiro atoms. The Hall–Kier alpha value is -3.04. The van der Waals surface area contributed by atoms with Gasteiger partial charge in [0.05, 0.1) is 12.1 Å². The van der Waals surface area contributed by atoms with E-state index in [-0.39, 0.29) is 0 Å². The summed E-state index contributed by atoms with van der Waals surface area (Å²) in [4.78, 5) is 20.2. The van der Waals surface area contributed by atoms with Gasteiger partial charge in [0.2, 0.25) is 0 Å². The molecule has 156 valence electrons. The molecule has 0 saturated carbocycles. The number of hydrogen-bond donors (Lipinski definition) is 1. The highest BCUT2D eigenvalue weighted by molar-refractivity contribution is 6.31. The van der Waals surface area contributed by atoms with Crippen LogP contribution in [0.1, 0.15) is 19.4 Å². The van der Waals surface area contributed by atoms with E-state index >= 15 is 0 Å². The van der Waals surface area contributed by atoms with Crippen LogP contribution in [0.2, 0.25) is 10.0 Å². The van der Waals surface area contributed by atoms with Crippen LogP contribution < -0.4 is 9.80 Å². The van der Waals surface area contributed by atoms with Crippen LogP contribution in [0.3, 0.4) is 0 Å². The first-order valence-electron chi connectivity index (χ1n) is 9.56. The Kier molecular flexibility index (Phi) is 5.18. The van der Waals surface area contributed by atoms with Crippen LogP contribution in [0.25, 0.3) is 4.85 Å². The molecule has 31 heavy (non-hydrogen) atoms. The van der Waals surface area contributed by atoms with Crippen molar-refractivity contribution in [3.63, 3.8) is 0 Å². The summed E-state index contributed by atoms with van der Waals surface area (Å²) in [6.07, 6.45) is 0. The van der Waals surface area contributed by atoms with Crippen LogP contribution in [0.5, 0.6) is 0 Å². The molecule has 1 saturated heterocycles. The summed E-state index contributed by atoms with van der Waals surface area (Å²) in [5.74, 6) is 0. The monoisotopic (exact) mass is 451 g/mol. The number of halogens is 2. The molecular weight excluding hydrogens is 433 g/mol. The molecule has 1 atom stereocenters. The van der Waals surface area contributed by atoms with Gasteiger partial charge in [-0.2, -0.15) is 0 Å². The predicted molar refractivity (Wildman–Crippen MR) is 124 cm³/mol. The lowest BCUT2D eigenvalue weighted by atomic mass is 9.83. The summed E-state index contributed by atoms with van der Waals surface area (Å²) in [6, 6.07) is 19.9. The van der Waals surface area contributed by atoms with Crippen molar-refractivity contribution in [3.8, 4) is 0 Å². The standard InChI is InChI=1S/C24H19Cl2N3O2/c1-23(2)24(31,16-5-4-6-19(15-16)27-3)29(21-13-9-18(26)10-14-21)22(30)28(23)20-11-7-17(25)8-12-20/h4-15,31H,1-2H3. The maximum atomic E-state index is 13.8. The smallest absolute Gasteiger partial charge is 0.332 e. The maximum Gasteiger partial charge on any atom is 0.332 e. The summed E-state index contributed by atoms with van der Waals surface area (Å²) in [5.41, 5.74) is -1.01. The van der Waals surface area contributed by atoms with Crippen LogP contribution in [0, 0.1) is 6.57 Å². The number of carbonyl (C=O) groups is 1. The van der Waals surface area contributed by atoms with E-state index in [0.29, 0.717) is 32.7 Å². The quantitative estimate of drug-likeness (QED) is 0.455. The first kappa shape index (κ1) is 21.2. The molecule has 4 rings (SSSR count). The SMILES string of the molecule is [C-]#[N+]c1cccc(C2(O)N(c3ccc(Cl)cc3)C(=O)N(c3ccc(Cl)cc3)C2(C)C)c1. The van der Waals surface area contributed by atoms with Gasteiger partial charge in [0.15, 0.2) is 11.4 Å². The third-order valence-electron chi connectivity index (χ3n) is 5.67. The van der Waals surface area contributed by atoms with Gasteiger partial charge in [-0.1, -0.05) is 41.4 Å². The molecule has 3 aromatic rings. The molecule has 1 fully saturated rings. The number of aliphatic hydroxyl groups is 1. The summed E-state index contributed by atoms with van der Waals surface area (Å²) >= 11 is 12.1. The second kappa shape index (κ2) is 7.58. The fourth-order valence-corrected chi connectivity index (χ4v) is 4.34. The molecule has 1 aliphatic heterocycles. The number of hydrogen-bond acceptors (Lipinski definition) is 2. The Bertz CT molecular complexity index is 1190. The number of carbonyl (C=O) groups excluding carboxylic acids is 1. The lowest BCUT2D eigenvalue weighted by Crippen LogP contribution is -2.56. The minimum atomic E-state index is -1.78. The predicted octanol–water partition coefficient (Wildman–Crippen LogP) is 6.61. The average molecular weight is 452 g/mol. The average Bonchev–Trinajstić information content (AvgIpc) is 2.92. The number of anilines is 2. The van der Waals surface area contributed by atoms with Crippen molar-refractivity contribution in [1.82, 2.24) is 0 Å². The first-order chi connectivity index (χ1) is 14.7. The van der Waals surface area contributed by atoms with E-state index in [0.717, 1.165) is 0 Å². The van der Waals surface area contributed by atoms with Gasteiger partial charge in [-0.15, -0.1) is 0 Å². The van der Waals surface area contributed by atoms with E-state index in [2.05, 4.69) is 4.85 Å². The van der Waals surface area contributed by atoms with Crippen molar-refractivity contribution in [1.29, 1.82) is 0 Å².